The van der Waals surface area contributed by atoms with Crippen molar-refractivity contribution in [3.05, 3.63) is 29.8 Å². The number of nitrogens with zero attached hydrogens (tertiary/aromatic N) is 1. The monoisotopic (exact) mass is 290 g/mol. The van der Waals surface area contributed by atoms with Gasteiger partial charge in [-0.1, -0.05) is 19.1 Å². The van der Waals surface area contributed by atoms with Crippen LogP contribution >= 0.6 is 0 Å². The minimum Gasteiger partial charge on any atom is -0.491 e. The Kier molecular flexibility index (Phi) is 5.28. The summed E-state index contributed by atoms with van der Waals surface area (Å²) in [4.78, 5) is 2.44. The van der Waals surface area contributed by atoms with Crippen molar-refractivity contribution >= 4 is 0 Å². The van der Waals surface area contributed by atoms with Crippen LogP contribution in [0.25, 0.3) is 0 Å². The van der Waals surface area contributed by atoms with Gasteiger partial charge in [-0.25, -0.2) is 0 Å². The SMILES string of the molecule is CC1CCCN(C(C)(N)Cc2cccc(OC(C)C)c2)C1. The van der Waals surface area contributed by atoms with Crippen LogP contribution in [0.1, 0.15) is 46.1 Å². The van der Waals surface area contributed by atoms with Crippen molar-refractivity contribution in [3.63, 3.8) is 0 Å². The molecule has 0 radical (unpaired) electrons. The molecule has 1 aromatic carbocycles. The maximum absolute atomic E-state index is 6.62. The summed E-state index contributed by atoms with van der Waals surface area (Å²) in [5.41, 5.74) is 7.58. The molecule has 1 heterocycles. The molecule has 3 nitrogen and oxygen atoms in total. The molecule has 0 spiro atoms. The van der Waals surface area contributed by atoms with Gasteiger partial charge in [0.1, 0.15) is 5.75 Å². The molecule has 0 amide bonds. The second kappa shape index (κ2) is 6.80. The van der Waals surface area contributed by atoms with Gasteiger partial charge in [-0.15, -0.1) is 0 Å². The first-order chi connectivity index (χ1) is 9.87. The highest BCUT2D eigenvalue weighted by molar-refractivity contribution is 5.29. The van der Waals surface area contributed by atoms with Gasteiger partial charge in [0.25, 0.3) is 0 Å². The molecule has 0 bridgehead atoms. The van der Waals surface area contributed by atoms with Crippen LogP contribution in [-0.4, -0.2) is 29.8 Å². The van der Waals surface area contributed by atoms with Crippen molar-refractivity contribution in [1.29, 1.82) is 0 Å². The molecule has 0 saturated carbocycles. The quantitative estimate of drug-likeness (QED) is 0.903. The first kappa shape index (κ1) is 16.3. The lowest BCUT2D eigenvalue weighted by atomic mass is 9.93. The summed E-state index contributed by atoms with van der Waals surface area (Å²) in [6.45, 7) is 10.8. The van der Waals surface area contributed by atoms with Gasteiger partial charge in [-0.05, 0) is 63.8 Å². The largest absolute Gasteiger partial charge is 0.491 e. The van der Waals surface area contributed by atoms with Crippen LogP contribution in [0.3, 0.4) is 0 Å². The van der Waals surface area contributed by atoms with Crippen molar-refractivity contribution in [1.82, 2.24) is 4.90 Å². The second-order valence-electron chi connectivity index (χ2n) is 7.04. The predicted octanol–water partition coefficient (Wildman–Crippen LogP) is 3.42. The maximum Gasteiger partial charge on any atom is 0.119 e. The fourth-order valence-electron chi connectivity index (χ4n) is 3.18. The van der Waals surface area contributed by atoms with E-state index in [4.69, 9.17) is 10.5 Å². The smallest absolute Gasteiger partial charge is 0.119 e. The molecule has 3 heteroatoms. The Morgan fingerprint density at radius 2 is 2.19 bits per heavy atom. The summed E-state index contributed by atoms with van der Waals surface area (Å²) in [6.07, 6.45) is 3.64. The van der Waals surface area contributed by atoms with Gasteiger partial charge in [0.2, 0.25) is 0 Å². The van der Waals surface area contributed by atoms with Crippen LogP contribution in [0.5, 0.6) is 5.75 Å². The summed E-state index contributed by atoms with van der Waals surface area (Å²) in [5.74, 6) is 1.68. The van der Waals surface area contributed by atoms with Crippen LogP contribution in [-0.2, 0) is 6.42 Å². The standard InChI is InChI=1S/C18H30N2O/c1-14(2)21-17-9-5-8-16(11-17)12-18(4,19)20-10-6-7-15(3)13-20/h5,8-9,11,14-15H,6-7,10,12-13,19H2,1-4H3. The fraction of sp³-hybridized carbons (Fsp3) is 0.667. The zero-order valence-corrected chi connectivity index (χ0v) is 13.9. The van der Waals surface area contributed by atoms with Crippen LogP contribution < -0.4 is 10.5 Å². The molecule has 2 rings (SSSR count). The Labute approximate surface area is 129 Å². The molecular formula is C18H30N2O. The molecule has 21 heavy (non-hydrogen) atoms. The number of benzene rings is 1. The van der Waals surface area contributed by atoms with Crippen molar-refractivity contribution < 1.29 is 4.74 Å². The minimum absolute atomic E-state index is 0.201. The Morgan fingerprint density at radius 1 is 1.43 bits per heavy atom. The number of ether oxygens (including phenoxy) is 1. The molecule has 118 valence electrons. The summed E-state index contributed by atoms with van der Waals surface area (Å²) >= 11 is 0. The number of nitrogens with two attached hydrogens (primary N) is 1. The molecule has 2 N–H and O–H groups in total. The Balaban J connectivity index is 2.05. The molecule has 0 aromatic heterocycles. The van der Waals surface area contributed by atoms with Gasteiger partial charge in [0.15, 0.2) is 0 Å². The van der Waals surface area contributed by atoms with E-state index in [1.165, 1.54) is 18.4 Å². The van der Waals surface area contributed by atoms with E-state index in [9.17, 15) is 0 Å². The summed E-state index contributed by atoms with van der Waals surface area (Å²) in [6, 6.07) is 8.34. The Bertz CT molecular complexity index is 456. The third-order valence-electron chi connectivity index (χ3n) is 4.21. The van der Waals surface area contributed by atoms with Crippen LogP contribution in [0.4, 0.5) is 0 Å². The lowest BCUT2D eigenvalue weighted by Gasteiger charge is -2.43. The second-order valence-corrected chi connectivity index (χ2v) is 7.04. The van der Waals surface area contributed by atoms with Gasteiger partial charge in [-0.2, -0.15) is 0 Å². The van der Waals surface area contributed by atoms with E-state index in [2.05, 4.69) is 50.8 Å². The van der Waals surface area contributed by atoms with Crippen LogP contribution in [0, 0.1) is 5.92 Å². The number of hydrogen-bond donors (Lipinski definition) is 1. The molecule has 2 unspecified atom stereocenters. The van der Waals surface area contributed by atoms with Gasteiger partial charge >= 0.3 is 0 Å². The fourth-order valence-corrected chi connectivity index (χ4v) is 3.18. The van der Waals surface area contributed by atoms with E-state index in [0.29, 0.717) is 0 Å². The maximum atomic E-state index is 6.62. The van der Waals surface area contributed by atoms with Gasteiger partial charge in [-0.3, -0.25) is 4.90 Å². The van der Waals surface area contributed by atoms with E-state index >= 15 is 0 Å². The van der Waals surface area contributed by atoms with Crippen molar-refractivity contribution in [3.8, 4) is 5.75 Å². The summed E-state index contributed by atoms with van der Waals surface area (Å²) < 4.78 is 5.78. The van der Waals surface area contributed by atoms with Gasteiger partial charge < -0.3 is 10.5 Å². The third-order valence-corrected chi connectivity index (χ3v) is 4.21. The summed E-state index contributed by atoms with van der Waals surface area (Å²) in [7, 11) is 0. The molecule has 2 atom stereocenters. The van der Waals surface area contributed by atoms with E-state index in [-0.39, 0.29) is 11.8 Å². The number of hydrogen-bond acceptors (Lipinski definition) is 3. The molecular weight excluding hydrogens is 260 g/mol. The highest BCUT2D eigenvalue weighted by Gasteiger charge is 2.30. The third kappa shape index (κ3) is 4.72. The lowest BCUT2D eigenvalue weighted by molar-refractivity contribution is 0.0627. The van der Waals surface area contributed by atoms with Crippen LogP contribution in [0.15, 0.2) is 24.3 Å². The number of piperidine rings is 1. The number of rotatable bonds is 5. The Hall–Kier alpha value is -1.06. The van der Waals surface area contributed by atoms with E-state index < -0.39 is 0 Å². The molecule has 1 saturated heterocycles. The topological polar surface area (TPSA) is 38.5 Å². The molecule has 1 aliphatic rings. The summed E-state index contributed by atoms with van der Waals surface area (Å²) in [5, 5.41) is 0. The van der Waals surface area contributed by atoms with Gasteiger partial charge in [0.05, 0.1) is 11.8 Å². The average Bonchev–Trinajstić information content (AvgIpc) is 2.37. The number of likely N-dealkylation sites (tertiary alicyclic amines) is 1. The molecule has 1 aliphatic heterocycles. The Morgan fingerprint density at radius 3 is 2.86 bits per heavy atom. The zero-order chi connectivity index (χ0) is 15.5. The zero-order valence-electron chi connectivity index (χ0n) is 13.9. The lowest BCUT2D eigenvalue weighted by Crippen LogP contribution is -2.58. The highest BCUT2D eigenvalue weighted by Crippen LogP contribution is 2.25. The van der Waals surface area contributed by atoms with E-state index in [1.807, 2.05) is 6.07 Å². The normalized spacial score (nSPS) is 23.0. The van der Waals surface area contributed by atoms with E-state index in [1.54, 1.807) is 0 Å². The molecule has 0 aliphatic carbocycles. The van der Waals surface area contributed by atoms with Crippen molar-refractivity contribution in [2.75, 3.05) is 13.1 Å². The first-order valence-corrected chi connectivity index (χ1v) is 8.16. The van der Waals surface area contributed by atoms with Gasteiger partial charge in [0, 0.05) is 13.0 Å². The minimum atomic E-state index is -0.287. The molecule has 1 aromatic rings. The molecule has 1 fully saturated rings. The first-order valence-electron chi connectivity index (χ1n) is 8.16. The predicted molar refractivity (Wildman–Crippen MR) is 88.5 cm³/mol. The van der Waals surface area contributed by atoms with Crippen molar-refractivity contribution in [2.45, 2.75) is 58.7 Å². The van der Waals surface area contributed by atoms with Crippen molar-refractivity contribution in [2.24, 2.45) is 11.7 Å². The van der Waals surface area contributed by atoms with Crippen LogP contribution in [0.2, 0.25) is 0 Å². The van der Waals surface area contributed by atoms with E-state index in [0.717, 1.165) is 31.2 Å². The average molecular weight is 290 g/mol. The highest BCUT2D eigenvalue weighted by atomic mass is 16.5.